The molecule has 0 unspecified atom stereocenters. The van der Waals surface area contributed by atoms with E-state index in [0.29, 0.717) is 11.5 Å². The lowest BCUT2D eigenvalue weighted by Crippen LogP contribution is -2.13. The molecular weight excluding hydrogens is 438 g/mol. The van der Waals surface area contributed by atoms with E-state index in [9.17, 15) is 15.3 Å². The summed E-state index contributed by atoms with van der Waals surface area (Å²) in [7, 11) is 0. The number of phenols is 3. The number of anilines is 3. The van der Waals surface area contributed by atoms with Gasteiger partial charge in [0.2, 0.25) is 0 Å². The summed E-state index contributed by atoms with van der Waals surface area (Å²) >= 11 is 0. The predicted molar refractivity (Wildman–Crippen MR) is 141 cm³/mol. The number of rotatable bonds is 5. The fourth-order valence-corrected chi connectivity index (χ4v) is 4.25. The van der Waals surface area contributed by atoms with Crippen LogP contribution < -0.4 is 9.64 Å². The summed E-state index contributed by atoms with van der Waals surface area (Å²) in [5.74, 6) is 1.89. The molecule has 4 aromatic rings. The molecule has 0 fully saturated rings. The van der Waals surface area contributed by atoms with Gasteiger partial charge in [0.25, 0.3) is 0 Å². The van der Waals surface area contributed by atoms with Crippen LogP contribution >= 0.6 is 0 Å². The number of hydrogen-bond donors (Lipinski definition) is 3. The third kappa shape index (κ3) is 4.50. The molecule has 0 aromatic heterocycles. The first-order valence-electron chi connectivity index (χ1n) is 11.5. The zero-order valence-corrected chi connectivity index (χ0v) is 21.0. The Morgan fingerprint density at radius 1 is 0.571 bits per heavy atom. The molecule has 0 radical (unpaired) electrons. The van der Waals surface area contributed by atoms with Crippen LogP contribution in [0.5, 0.6) is 28.7 Å². The SMILES string of the molecule is Cc1cc(O)cc(Oc2ccc(N(c3ccc(C)c(O)c3C)c3ccc(C)c(O)c3C)cc2)c1C. The quantitative estimate of drug-likeness (QED) is 0.277. The molecule has 3 N–H and O–H groups in total. The van der Waals surface area contributed by atoms with E-state index in [-0.39, 0.29) is 17.2 Å². The standard InChI is InChI=1S/C30H31NO4/c1-17-7-13-26(21(5)29(17)33)31(27-14-8-18(2)30(34)22(27)6)23-9-11-25(12-10-23)35-28-16-24(32)15-19(3)20(28)4/h7-16,32-34H,1-6H3. The summed E-state index contributed by atoms with van der Waals surface area (Å²) in [5, 5.41) is 31.3. The van der Waals surface area contributed by atoms with Crippen LogP contribution in [0.25, 0.3) is 0 Å². The van der Waals surface area contributed by atoms with Gasteiger partial charge in [-0.1, -0.05) is 12.1 Å². The third-order valence-electron chi connectivity index (χ3n) is 6.62. The van der Waals surface area contributed by atoms with Crippen molar-refractivity contribution >= 4 is 17.1 Å². The lowest BCUT2D eigenvalue weighted by molar-refractivity contribution is 0.452. The average Bonchev–Trinajstić information content (AvgIpc) is 2.83. The molecule has 4 aromatic carbocycles. The van der Waals surface area contributed by atoms with Gasteiger partial charge in [0, 0.05) is 22.9 Å². The Hall–Kier alpha value is -4.12. The first-order valence-corrected chi connectivity index (χ1v) is 11.5. The second-order valence-corrected chi connectivity index (χ2v) is 9.07. The first-order chi connectivity index (χ1) is 16.6. The van der Waals surface area contributed by atoms with Crippen molar-refractivity contribution in [3.05, 3.63) is 94.0 Å². The highest BCUT2D eigenvalue weighted by molar-refractivity contribution is 5.82. The molecule has 0 saturated carbocycles. The average molecular weight is 470 g/mol. The highest BCUT2D eigenvalue weighted by Crippen LogP contribution is 2.44. The molecule has 0 bridgehead atoms. The fraction of sp³-hybridized carbons (Fsp3) is 0.200. The Kier molecular flexibility index (Phi) is 6.35. The third-order valence-corrected chi connectivity index (χ3v) is 6.62. The molecule has 5 heteroatoms. The smallest absolute Gasteiger partial charge is 0.134 e. The molecular formula is C30H31NO4. The van der Waals surface area contributed by atoms with Crippen LogP contribution in [0, 0.1) is 41.5 Å². The lowest BCUT2D eigenvalue weighted by Gasteiger charge is -2.29. The normalized spacial score (nSPS) is 10.9. The molecule has 0 heterocycles. The Labute approximate surface area is 206 Å². The van der Waals surface area contributed by atoms with E-state index in [4.69, 9.17) is 4.74 Å². The van der Waals surface area contributed by atoms with E-state index in [1.165, 1.54) is 0 Å². The highest BCUT2D eigenvalue weighted by atomic mass is 16.5. The van der Waals surface area contributed by atoms with Gasteiger partial charge in [0.1, 0.15) is 28.7 Å². The minimum absolute atomic E-state index is 0.162. The Balaban J connectivity index is 1.81. The van der Waals surface area contributed by atoms with Gasteiger partial charge in [0.15, 0.2) is 0 Å². The number of aromatic hydroxyl groups is 3. The second-order valence-electron chi connectivity index (χ2n) is 9.07. The van der Waals surface area contributed by atoms with Gasteiger partial charge in [-0.3, -0.25) is 0 Å². The van der Waals surface area contributed by atoms with Crippen molar-refractivity contribution in [2.24, 2.45) is 0 Å². The van der Waals surface area contributed by atoms with Gasteiger partial charge in [-0.2, -0.15) is 0 Å². The maximum Gasteiger partial charge on any atom is 0.134 e. The molecule has 0 aliphatic carbocycles. The fourth-order valence-electron chi connectivity index (χ4n) is 4.25. The van der Waals surface area contributed by atoms with Gasteiger partial charge in [-0.15, -0.1) is 0 Å². The van der Waals surface area contributed by atoms with E-state index >= 15 is 0 Å². The molecule has 35 heavy (non-hydrogen) atoms. The van der Waals surface area contributed by atoms with Crippen LogP contribution in [0.4, 0.5) is 17.1 Å². The zero-order chi connectivity index (χ0) is 25.4. The van der Waals surface area contributed by atoms with E-state index < -0.39 is 0 Å². The number of ether oxygens (including phenoxy) is 1. The summed E-state index contributed by atoms with van der Waals surface area (Å²) in [6.07, 6.45) is 0. The zero-order valence-electron chi connectivity index (χ0n) is 21.0. The minimum Gasteiger partial charge on any atom is -0.508 e. The monoisotopic (exact) mass is 469 g/mol. The van der Waals surface area contributed by atoms with Crippen molar-refractivity contribution in [3.8, 4) is 28.7 Å². The van der Waals surface area contributed by atoms with Crippen LogP contribution in [0.1, 0.15) is 33.4 Å². The van der Waals surface area contributed by atoms with Gasteiger partial charge in [-0.05, 0) is 106 Å². The Bertz CT molecular complexity index is 1350. The van der Waals surface area contributed by atoms with Crippen LogP contribution in [0.3, 0.4) is 0 Å². The predicted octanol–water partition coefficient (Wildman–Crippen LogP) is 7.92. The molecule has 4 rings (SSSR count). The van der Waals surface area contributed by atoms with Gasteiger partial charge in [-0.25, -0.2) is 0 Å². The molecule has 5 nitrogen and oxygen atoms in total. The van der Waals surface area contributed by atoms with Crippen molar-refractivity contribution in [1.29, 1.82) is 0 Å². The summed E-state index contributed by atoms with van der Waals surface area (Å²) < 4.78 is 6.08. The largest absolute Gasteiger partial charge is 0.508 e. The van der Waals surface area contributed by atoms with Crippen molar-refractivity contribution in [1.82, 2.24) is 0 Å². The molecule has 0 spiro atoms. The lowest BCUT2D eigenvalue weighted by atomic mass is 10.0. The summed E-state index contributed by atoms with van der Waals surface area (Å²) in [6.45, 7) is 11.4. The van der Waals surface area contributed by atoms with Crippen LogP contribution in [0.2, 0.25) is 0 Å². The van der Waals surface area contributed by atoms with E-state index in [2.05, 4.69) is 0 Å². The van der Waals surface area contributed by atoms with E-state index in [0.717, 1.165) is 50.4 Å². The summed E-state index contributed by atoms with van der Waals surface area (Å²) in [4.78, 5) is 2.02. The van der Waals surface area contributed by atoms with E-state index in [1.54, 1.807) is 12.1 Å². The Morgan fingerprint density at radius 2 is 1.09 bits per heavy atom. The Morgan fingerprint density at radius 3 is 1.60 bits per heavy atom. The number of benzene rings is 4. The second kappa shape index (κ2) is 9.26. The maximum absolute atomic E-state index is 10.7. The summed E-state index contributed by atoms with van der Waals surface area (Å²) in [5.41, 5.74) is 7.48. The van der Waals surface area contributed by atoms with Crippen LogP contribution in [0.15, 0.2) is 60.7 Å². The van der Waals surface area contributed by atoms with Crippen LogP contribution in [-0.2, 0) is 0 Å². The molecule has 0 saturated heterocycles. The van der Waals surface area contributed by atoms with Crippen molar-refractivity contribution in [3.63, 3.8) is 0 Å². The van der Waals surface area contributed by atoms with Gasteiger partial charge >= 0.3 is 0 Å². The number of aryl methyl sites for hydroxylation is 3. The highest BCUT2D eigenvalue weighted by Gasteiger charge is 2.21. The summed E-state index contributed by atoms with van der Waals surface area (Å²) in [6, 6.07) is 18.7. The molecule has 0 atom stereocenters. The van der Waals surface area contributed by atoms with Gasteiger partial charge in [0.05, 0.1) is 11.4 Å². The first kappa shape index (κ1) is 24.0. The van der Waals surface area contributed by atoms with Crippen molar-refractivity contribution in [2.45, 2.75) is 41.5 Å². The topological polar surface area (TPSA) is 73.2 Å². The molecule has 0 aliphatic heterocycles. The molecule has 0 aliphatic rings. The number of nitrogens with zero attached hydrogens (tertiary/aromatic N) is 1. The minimum atomic E-state index is 0.162. The van der Waals surface area contributed by atoms with E-state index in [1.807, 2.05) is 95.0 Å². The van der Waals surface area contributed by atoms with Crippen molar-refractivity contribution < 1.29 is 20.1 Å². The molecule has 0 amide bonds. The van der Waals surface area contributed by atoms with Gasteiger partial charge < -0.3 is 25.0 Å². The molecule has 180 valence electrons. The van der Waals surface area contributed by atoms with Crippen molar-refractivity contribution in [2.75, 3.05) is 4.90 Å². The van der Waals surface area contributed by atoms with Crippen LogP contribution in [-0.4, -0.2) is 15.3 Å². The number of phenolic OH excluding ortho intramolecular Hbond substituents is 3. The number of hydrogen-bond acceptors (Lipinski definition) is 5. The maximum atomic E-state index is 10.7.